The van der Waals surface area contributed by atoms with Gasteiger partial charge in [0, 0.05) is 25.5 Å². The van der Waals surface area contributed by atoms with Gasteiger partial charge in [-0.15, -0.1) is 0 Å². The van der Waals surface area contributed by atoms with Crippen molar-refractivity contribution in [2.24, 2.45) is 0 Å². The SMILES string of the molecule is CN(C)c1ccc(NC(=O)Cc2cccc(N)c2)cc1Cl. The zero-order valence-electron chi connectivity index (χ0n) is 12.1. The van der Waals surface area contributed by atoms with Crippen LogP contribution in [0.3, 0.4) is 0 Å². The van der Waals surface area contributed by atoms with E-state index >= 15 is 0 Å². The standard InChI is InChI=1S/C16H18ClN3O/c1-20(2)15-7-6-13(10-14(15)17)19-16(21)9-11-4-3-5-12(18)8-11/h3-8,10H,9,18H2,1-2H3,(H,19,21). The van der Waals surface area contributed by atoms with Crippen LogP contribution in [0, 0.1) is 0 Å². The third-order valence-corrected chi connectivity index (χ3v) is 3.33. The van der Waals surface area contributed by atoms with Crippen LogP contribution in [0.4, 0.5) is 17.1 Å². The number of nitrogens with one attached hydrogen (secondary N) is 1. The van der Waals surface area contributed by atoms with Crippen LogP contribution in [0.2, 0.25) is 5.02 Å². The molecule has 0 aliphatic heterocycles. The minimum atomic E-state index is -0.103. The number of amides is 1. The molecule has 0 unspecified atom stereocenters. The van der Waals surface area contributed by atoms with E-state index in [2.05, 4.69) is 5.32 Å². The molecule has 1 amide bonds. The van der Waals surface area contributed by atoms with Crippen LogP contribution in [0.15, 0.2) is 42.5 Å². The maximum Gasteiger partial charge on any atom is 0.228 e. The Morgan fingerprint density at radius 1 is 1.24 bits per heavy atom. The number of rotatable bonds is 4. The molecular formula is C16H18ClN3O. The van der Waals surface area contributed by atoms with Crippen LogP contribution >= 0.6 is 11.6 Å². The molecule has 0 aliphatic carbocycles. The van der Waals surface area contributed by atoms with Crippen molar-refractivity contribution in [3.8, 4) is 0 Å². The van der Waals surface area contributed by atoms with Crippen molar-refractivity contribution in [2.75, 3.05) is 30.0 Å². The molecule has 0 heterocycles. The quantitative estimate of drug-likeness (QED) is 0.853. The van der Waals surface area contributed by atoms with E-state index in [1.54, 1.807) is 18.2 Å². The molecule has 2 aromatic carbocycles. The Balaban J connectivity index is 2.04. The zero-order chi connectivity index (χ0) is 15.4. The Hall–Kier alpha value is -2.20. The van der Waals surface area contributed by atoms with Gasteiger partial charge >= 0.3 is 0 Å². The second-order valence-electron chi connectivity index (χ2n) is 5.03. The lowest BCUT2D eigenvalue weighted by Gasteiger charge is -2.15. The van der Waals surface area contributed by atoms with Crippen LogP contribution < -0.4 is 16.0 Å². The summed E-state index contributed by atoms with van der Waals surface area (Å²) in [7, 11) is 3.83. The normalized spacial score (nSPS) is 10.2. The highest BCUT2D eigenvalue weighted by molar-refractivity contribution is 6.33. The van der Waals surface area contributed by atoms with E-state index in [0.29, 0.717) is 16.4 Å². The van der Waals surface area contributed by atoms with Crippen molar-refractivity contribution >= 4 is 34.6 Å². The van der Waals surface area contributed by atoms with Gasteiger partial charge in [0.25, 0.3) is 0 Å². The minimum Gasteiger partial charge on any atom is -0.399 e. The average molecular weight is 304 g/mol. The first-order valence-corrected chi connectivity index (χ1v) is 6.94. The van der Waals surface area contributed by atoms with Gasteiger partial charge in [-0.3, -0.25) is 4.79 Å². The number of nitrogens with zero attached hydrogens (tertiary/aromatic N) is 1. The maximum atomic E-state index is 12.0. The summed E-state index contributed by atoms with van der Waals surface area (Å²) in [6.07, 6.45) is 0.276. The molecule has 0 spiro atoms. The Morgan fingerprint density at radius 3 is 2.62 bits per heavy atom. The van der Waals surface area contributed by atoms with Gasteiger partial charge in [-0.1, -0.05) is 23.7 Å². The highest BCUT2D eigenvalue weighted by Gasteiger charge is 2.07. The lowest BCUT2D eigenvalue weighted by Crippen LogP contribution is -2.15. The molecular weight excluding hydrogens is 286 g/mol. The summed E-state index contributed by atoms with van der Waals surface area (Å²) in [5.41, 5.74) is 8.82. The first-order valence-electron chi connectivity index (χ1n) is 6.57. The lowest BCUT2D eigenvalue weighted by molar-refractivity contribution is -0.115. The maximum absolute atomic E-state index is 12.0. The molecule has 0 bridgehead atoms. The van der Waals surface area contributed by atoms with Gasteiger partial charge in [0.15, 0.2) is 0 Å². The number of anilines is 3. The number of benzene rings is 2. The van der Waals surface area contributed by atoms with Crippen molar-refractivity contribution in [3.63, 3.8) is 0 Å². The smallest absolute Gasteiger partial charge is 0.228 e. The van der Waals surface area contributed by atoms with E-state index in [1.807, 2.05) is 43.3 Å². The second kappa shape index (κ2) is 6.50. The molecule has 3 N–H and O–H groups in total. The Bertz CT molecular complexity index is 656. The average Bonchev–Trinajstić information content (AvgIpc) is 2.38. The monoisotopic (exact) mass is 303 g/mol. The third kappa shape index (κ3) is 4.13. The molecule has 0 aromatic heterocycles. The molecule has 21 heavy (non-hydrogen) atoms. The van der Waals surface area contributed by atoms with Gasteiger partial charge in [-0.05, 0) is 35.9 Å². The highest BCUT2D eigenvalue weighted by atomic mass is 35.5. The van der Waals surface area contributed by atoms with Crippen LogP contribution in [0.25, 0.3) is 0 Å². The lowest BCUT2D eigenvalue weighted by atomic mass is 10.1. The molecule has 5 heteroatoms. The molecule has 0 atom stereocenters. The molecule has 0 aliphatic rings. The molecule has 110 valence electrons. The fourth-order valence-electron chi connectivity index (χ4n) is 2.04. The van der Waals surface area contributed by atoms with Gasteiger partial charge < -0.3 is 16.0 Å². The first kappa shape index (κ1) is 15.2. The number of halogens is 1. The largest absolute Gasteiger partial charge is 0.399 e. The predicted molar refractivity (Wildman–Crippen MR) is 89.0 cm³/mol. The van der Waals surface area contributed by atoms with E-state index in [-0.39, 0.29) is 12.3 Å². The molecule has 0 fully saturated rings. The van der Waals surface area contributed by atoms with Gasteiger partial charge in [-0.2, -0.15) is 0 Å². The number of hydrogen-bond acceptors (Lipinski definition) is 3. The van der Waals surface area contributed by atoms with Gasteiger partial charge in [0.1, 0.15) is 0 Å². The Labute approximate surface area is 129 Å². The Morgan fingerprint density at radius 2 is 2.00 bits per heavy atom. The van der Waals surface area contributed by atoms with Crippen molar-refractivity contribution in [1.29, 1.82) is 0 Å². The van der Waals surface area contributed by atoms with E-state index in [0.717, 1.165) is 11.3 Å². The predicted octanol–water partition coefficient (Wildman–Crippen LogP) is 3.17. The fraction of sp³-hybridized carbons (Fsp3) is 0.188. The third-order valence-electron chi connectivity index (χ3n) is 3.03. The highest BCUT2D eigenvalue weighted by Crippen LogP contribution is 2.27. The van der Waals surface area contributed by atoms with Crippen molar-refractivity contribution in [3.05, 3.63) is 53.1 Å². The summed E-state index contributed by atoms with van der Waals surface area (Å²) in [4.78, 5) is 13.9. The summed E-state index contributed by atoms with van der Waals surface area (Å²) in [5.74, 6) is -0.103. The first-order chi connectivity index (χ1) is 9.95. The summed E-state index contributed by atoms with van der Waals surface area (Å²) in [5, 5.41) is 3.43. The number of nitrogens with two attached hydrogens (primary N) is 1. The molecule has 0 radical (unpaired) electrons. The van der Waals surface area contributed by atoms with Gasteiger partial charge in [-0.25, -0.2) is 0 Å². The molecule has 2 rings (SSSR count). The molecule has 0 saturated carbocycles. The van der Waals surface area contributed by atoms with Crippen LogP contribution in [-0.4, -0.2) is 20.0 Å². The summed E-state index contributed by atoms with van der Waals surface area (Å²) in [6.45, 7) is 0. The van der Waals surface area contributed by atoms with Crippen LogP contribution in [-0.2, 0) is 11.2 Å². The Kier molecular flexibility index (Phi) is 4.70. The second-order valence-corrected chi connectivity index (χ2v) is 5.44. The summed E-state index contributed by atoms with van der Waals surface area (Å²) >= 11 is 6.18. The number of hydrogen-bond donors (Lipinski definition) is 2. The van der Waals surface area contributed by atoms with Crippen molar-refractivity contribution in [2.45, 2.75) is 6.42 Å². The zero-order valence-corrected chi connectivity index (χ0v) is 12.8. The molecule has 4 nitrogen and oxygen atoms in total. The van der Waals surface area contributed by atoms with Crippen molar-refractivity contribution in [1.82, 2.24) is 0 Å². The fourth-order valence-corrected chi connectivity index (χ4v) is 2.39. The van der Waals surface area contributed by atoms with E-state index in [9.17, 15) is 4.79 Å². The van der Waals surface area contributed by atoms with Crippen molar-refractivity contribution < 1.29 is 4.79 Å². The van der Waals surface area contributed by atoms with Gasteiger partial charge in [0.2, 0.25) is 5.91 Å². The number of nitrogen functional groups attached to an aromatic ring is 1. The van der Waals surface area contributed by atoms with E-state index < -0.39 is 0 Å². The van der Waals surface area contributed by atoms with E-state index in [1.165, 1.54) is 0 Å². The van der Waals surface area contributed by atoms with Gasteiger partial charge in [0.05, 0.1) is 17.1 Å². The molecule has 2 aromatic rings. The summed E-state index contributed by atoms with van der Waals surface area (Å²) < 4.78 is 0. The molecule has 0 saturated heterocycles. The van der Waals surface area contributed by atoms with E-state index in [4.69, 9.17) is 17.3 Å². The van der Waals surface area contributed by atoms with Crippen LogP contribution in [0.5, 0.6) is 0 Å². The number of carbonyl (C=O) groups excluding carboxylic acids is 1. The minimum absolute atomic E-state index is 0.103. The number of carbonyl (C=O) groups is 1. The van der Waals surface area contributed by atoms with Crippen LogP contribution in [0.1, 0.15) is 5.56 Å². The summed E-state index contributed by atoms with van der Waals surface area (Å²) in [6, 6.07) is 12.7. The topological polar surface area (TPSA) is 58.4 Å².